The molecular formula is C19H18N2O2S. The number of rotatable bonds is 4. The standard InChI is InChI=1S/C19H18N2O2S/c1-12(2)16-11-19(23)21-17-10-13(5-7-15(16)17)20-18(22)8-6-14-4-3-9-24-14/h3-12H,1-2H3,(H,20,22)(H,21,23)/b8-6-. The van der Waals surface area contributed by atoms with Crippen LogP contribution in [0.3, 0.4) is 0 Å². The topological polar surface area (TPSA) is 62.0 Å². The van der Waals surface area contributed by atoms with Gasteiger partial charge in [-0.15, -0.1) is 11.3 Å². The van der Waals surface area contributed by atoms with Gasteiger partial charge in [0.1, 0.15) is 0 Å². The molecule has 1 amide bonds. The van der Waals surface area contributed by atoms with Gasteiger partial charge in [-0.1, -0.05) is 26.0 Å². The smallest absolute Gasteiger partial charge is 0.248 e. The van der Waals surface area contributed by atoms with Crippen molar-refractivity contribution in [3.63, 3.8) is 0 Å². The Morgan fingerprint density at radius 1 is 1.25 bits per heavy atom. The molecule has 2 aromatic heterocycles. The van der Waals surface area contributed by atoms with Gasteiger partial charge in [0.05, 0.1) is 5.52 Å². The molecular weight excluding hydrogens is 320 g/mol. The van der Waals surface area contributed by atoms with Gasteiger partial charge in [-0.3, -0.25) is 9.59 Å². The number of H-pyrrole nitrogens is 1. The summed E-state index contributed by atoms with van der Waals surface area (Å²) < 4.78 is 0. The van der Waals surface area contributed by atoms with Crippen LogP contribution in [0, 0.1) is 0 Å². The number of amides is 1. The van der Waals surface area contributed by atoms with Crippen LogP contribution in [0.4, 0.5) is 5.69 Å². The van der Waals surface area contributed by atoms with E-state index < -0.39 is 0 Å². The Bertz CT molecular complexity index is 953. The number of fused-ring (bicyclic) bond motifs is 1. The number of nitrogens with one attached hydrogen (secondary N) is 2. The first-order valence-corrected chi connectivity index (χ1v) is 8.60. The second kappa shape index (κ2) is 6.84. The zero-order chi connectivity index (χ0) is 17.1. The average molecular weight is 338 g/mol. The van der Waals surface area contributed by atoms with Crippen molar-refractivity contribution in [2.24, 2.45) is 0 Å². The molecule has 3 rings (SSSR count). The Kier molecular flexibility index (Phi) is 4.62. The van der Waals surface area contributed by atoms with Crippen molar-refractivity contribution in [3.05, 3.63) is 68.6 Å². The van der Waals surface area contributed by atoms with Gasteiger partial charge in [-0.05, 0) is 41.1 Å². The van der Waals surface area contributed by atoms with Crippen molar-refractivity contribution in [1.82, 2.24) is 4.98 Å². The number of hydrogen-bond acceptors (Lipinski definition) is 3. The van der Waals surface area contributed by atoms with E-state index in [2.05, 4.69) is 24.1 Å². The van der Waals surface area contributed by atoms with E-state index in [9.17, 15) is 9.59 Å². The number of anilines is 1. The Labute approximate surface area is 143 Å². The second-order valence-electron chi connectivity index (χ2n) is 5.84. The predicted molar refractivity (Wildman–Crippen MR) is 101 cm³/mol. The molecule has 122 valence electrons. The lowest BCUT2D eigenvalue weighted by Gasteiger charge is -2.11. The van der Waals surface area contributed by atoms with Gasteiger partial charge in [0, 0.05) is 28.1 Å². The van der Waals surface area contributed by atoms with Crippen LogP contribution in [0.15, 0.2) is 52.6 Å². The SMILES string of the molecule is CC(C)c1cc(=O)[nH]c2cc(NC(=O)/C=C\c3cccs3)ccc12. The Hall–Kier alpha value is -2.66. The van der Waals surface area contributed by atoms with E-state index in [0.717, 1.165) is 21.3 Å². The van der Waals surface area contributed by atoms with Crippen LogP contribution in [0.5, 0.6) is 0 Å². The van der Waals surface area contributed by atoms with Crippen molar-refractivity contribution in [2.45, 2.75) is 19.8 Å². The molecule has 2 heterocycles. The molecule has 0 bridgehead atoms. The molecule has 4 nitrogen and oxygen atoms in total. The summed E-state index contributed by atoms with van der Waals surface area (Å²) in [5.74, 6) is 0.0501. The monoisotopic (exact) mass is 338 g/mol. The van der Waals surface area contributed by atoms with Crippen molar-refractivity contribution >= 4 is 39.9 Å². The quantitative estimate of drug-likeness (QED) is 0.694. The molecule has 24 heavy (non-hydrogen) atoms. The van der Waals surface area contributed by atoms with Gasteiger partial charge in [0.25, 0.3) is 0 Å². The summed E-state index contributed by atoms with van der Waals surface area (Å²) in [6.45, 7) is 4.11. The Morgan fingerprint density at radius 2 is 2.08 bits per heavy atom. The molecule has 0 unspecified atom stereocenters. The fourth-order valence-corrected chi connectivity index (χ4v) is 3.19. The predicted octanol–water partition coefficient (Wildman–Crippen LogP) is 4.36. The van der Waals surface area contributed by atoms with Crippen molar-refractivity contribution in [3.8, 4) is 0 Å². The molecule has 0 aliphatic carbocycles. The van der Waals surface area contributed by atoms with E-state index in [4.69, 9.17) is 0 Å². The van der Waals surface area contributed by atoms with Crippen LogP contribution in [-0.2, 0) is 4.79 Å². The number of hydrogen-bond donors (Lipinski definition) is 2. The fourth-order valence-electron chi connectivity index (χ4n) is 2.57. The summed E-state index contributed by atoms with van der Waals surface area (Å²) >= 11 is 1.57. The number of aromatic amines is 1. The molecule has 0 saturated carbocycles. The van der Waals surface area contributed by atoms with Crippen LogP contribution in [0.2, 0.25) is 0 Å². The number of thiophene rings is 1. The van der Waals surface area contributed by atoms with Gasteiger partial charge in [-0.2, -0.15) is 0 Å². The van der Waals surface area contributed by atoms with Gasteiger partial charge in [0.15, 0.2) is 0 Å². The molecule has 0 aliphatic heterocycles. The maximum atomic E-state index is 12.0. The number of carbonyl (C=O) groups is 1. The van der Waals surface area contributed by atoms with E-state index in [0.29, 0.717) is 5.69 Å². The largest absolute Gasteiger partial charge is 0.322 e. The third kappa shape index (κ3) is 3.63. The Balaban J connectivity index is 1.85. The van der Waals surface area contributed by atoms with E-state index >= 15 is 0 Å². The lowest BCUT2D eigenvalue weighted by atomic mass is 9.99. The summed E-state index contributed by atoms with van der Waals surface area (Å²) in [5, 5.41) is 5.78. The molecule has 5 heteroatoms. The minimum atomic E-state index is -0.204. The summed E-state index contributed by atoms with van der Waals surface area (Å²) in [7, 11) is 0. The number of benzene rings is 1. The fraction of sp³-hybridized carbons (Fsp3) is 0.158. The maximum Gasteiger partial charge on any atom is 0.248 e. The normalized spacial score (nSPS) is 11.5. The lowest BCUT2D eigenvalue weighted by molar-refractivity contribution is -0.111. The molecule has 0 atom stereocenters. The highest BCUT2D eigenvalue weighted by molar-refractivity contribution is 7.10. The third-order valence-electron chi connectivity index (χ3n) is 3.71. The van der Waals surface area contributed by atoms with E-state index in [-0.39, 0.29) is 17.4 Å². The zero-order valence-electron chi connectivity index (χ0n) is 13.5. The first-order chi connectivity index (χ1) is 11.5. The minimum Gasteiger partial charge on any atom is -0.322 e. The summed E-state index contributed by atoms with van der Waals surface area (Å²) in [6.07, 6.45) is 3.28. The first-order valence-electron chi connectivity index (χ1n) is 7.72. The van der Waals surface area contributed by atoms with Gasteiger partial charge >= 0.3 is 0 Å². The van der Waals surface area contributed by atoms with Gasteiger partial charge in [-0.25, -0.2) is 0 Å². The number of carbonyl (C=O) groups excluding carboxylic acids is 1. The van der Waals surface area contributed by atoms with Crippen LogP contribution in [0.25, 0.3) is 17.0 Å². The van der Waals surface area contributed by atoms with Gasteiger partial charge < -0.3 is 10.3 Å². The van der Waals surface area contributed by atoms with Crippen LogP contribution >= 0.6 is 11.3 Å². The van der Waals surface area contributed by atoms with Gasteiger partial charge in [0.2, 0.25) is 11.5 Å². The highest BCUT2D eigenvalue weighted by Gasteiger charge is 2.08. The molecule has 0 radical (unpaired) electrons. The number of aromatic nitrogens is 1. The highest BCUT2D eigenvalue weighted by atomic mass is 32.1. The highest BCUT2D eigenvalue weighted by Crippen LogP contribution is 2.24. The summed E-state index contributed by atoms with van der Waals surface area (Å²) in [5.41, 5.74) is 2.25. The van der Waals surface area contributed by atoms with E-state index in [1.54, 1.807) is 29.5 Å². The third-order valence-corrected chi connectivity index (χ3v) is 4.54. The minimum absolute atomic E-state index is 0.132. The van der Waals surface area contributed by atoms with Crippen molar-refractivity contribution in [2.75, 3.05) is 5.32 Å². The second-order valence-corrected chi connectivity index (χ2v) is 6.82. The lowest BCUT2D eigenvalue weighted by Crippen LogP contribution is -2.10. The number of pyridine rings is 1. The van der Waals surface area contributed by atoms with Crippen molar-refractivity contribution in [1.29, 1.82) is 0 Å². The van der Waals surface area contributed by atoms with E-state index in [1.165, 1.54) is 6.08 Å². The van der Waals surface area contributed by atoms with E-state index in [1.807, 2.05) is 29.6 Å². The Morgan fingerprint density at radius 3 is 2.79 bits per heavy atom. The molecule has 0 fully saturated rings. The molecule has 0 aliphatic rings. The zero-order valence-corrected chi connectivity index (χ0v) is 14.3. The maximum absolute atomic E-state index is 12.0. The van der Waals surface area contributed by atoms with Crippen LogP contribution in [0.1, 0.15) is 30.2 Å². The molecule has 3 aromatic rings. The van der Waals surface area contributed by atoms with Crippen LogP contribution < -0.4 is 10.9 Å². The summed E-state index contributed by atoms with van der Waals surface area (Å²) in [4.78, 5) is 27.7. The summed E-state index contributed by atoms with van der Waals surface area (Å²) in [6, 6.07) is 11.1. The van der Waals surface area contributed by atoms with Crippen molar-refractivity contribution < 1.29 is 4.79 Å². The first kappa shape index (κ1) is 16.2. The van der Waals surface area contributed by atoms with Crippen LogP contribution in [-0.4, -0.2) is 10.9 Å². The molecule has 2 N–H and O–H groups in total. The molecule has 0 spiro atoms. The molecule has 1 aromatic carbocycles. The molecule has 0 saturated heterocycles. The average Bonchev–Trinajstić information content (AvgIpc) is 3.05.